The molecule has 0 spiro atoms. The SMILES string of the molecule is CCS(=O)Nc1cccnc1Cl. The Hall–Kier alpha value is -0.610. The first-order valence-corrected chi connectivity index (χ1v) is 5.19. The van der Waals surface area contributed by atoms with Gasteiger partial charge in [0.15, 0.2) is 5.15 Å². The fraction of sp³-hybridized carbons (Fsp3) is 0.286. The lowest BCUT2D eigenvalue weighted by Crippen LogP contribution is -2.06. The zero-order chi connectivity index (χ0) is 8.97. The summed E-state index contributed by atoms with van der Waals surface area (Å²) >= 11 is 5.72. The lowest BCUT2D eigenvalue weighted by Gasteiger charge is -2.03. The van der Waals surface area contributed by atoms with E-state index in [0.717, 1.165) is 0 Å². The lowest BCUT2D eigenvalue weighted by atomic mass is 10.4. The highest BCUT2D eigenvalue weighted by atomic mass is 35.5. The molecule has 1 rings (SSSR count). The van der Waals surface area contributed by atoms with Crippen LogP contribution in [-0.4, -0.2) is 14.9 Å². The second-order valence-corrected chi connectivity index (χ2v) is 3.91. The van der Waals surface area contributed by atoms with Crippen molar-refractivity contribution < 1.29 is 4.21 Å². The van der Waals surface area contributed by atoms with Crippen LogP contribution in [0.3, 0.4) is 0 Å². The molecule has 1 aromatic rings. The van der Waals surface area contributed by atoms with Crippen LogP contribution in [0.15, 0.2) is 18.3 Å². The van der Waals surface area contributed by atoms with Gasteiger partial charge in [-0.2, -0.15) is 0 Å². The summed E-state index contributed by atoms with van der Waals surface area (Å²) in [6, 6.07) is 3.48. The molecule has 1 N–H and O–H groups in total. The number of pyridine rings is 1. The summed E-state index contributed by atoms with van der Waals surface area (Å²) in [6.45, 7) is 1.83. The molecular formula is C7H9ClN2OS. The van der Waals surface area contributed by atoms with Crippen molar-refractivity contribution in [3.05, 3.63) is 23.5 Å². The van der Waals surface area contributed by atoms with Crippen LogP contribution in [-0.2, 0) is 11.0 Å². The Balaban J connectivity index is 2.75. The first-order valence-electron chi connectivity index (χ1n) is 3.49. The van der Waals surface area contributed by atoms with Gasteiger partial charge in [0.05, 0.1) is 5.69 Å². The van der Waals surface area contributed by atoms with Crippen LogP contribution in [0.1, 0.15) is 6.92 Å². The predicted octanol–water partition coefficient (Wildman–Crippen LogP) is 1.83. The van der Waals surface area contributed by atoms with E-state index in [0.29, 0.717) is 16.6 Å². The summed E-state index contributed by atoms with van der Waals surface area (Å²) in [5, 5.41) is 0.347. The highest BCUT2D eigenvalue weighted by Crippen LogP contribution is 2.17. The molecule has 0 saturated carbocycles. The van der Waals surface area contributed by atoms with Gasteiger partial charge in [0.25, 0.3) is 0 Å². The number of rotatable bonds is 3. The zero-order valence-corrected chi connectivity index (χ0v) is 8.15. The minimum atomic E-state index is -1.06. The molecule has 0 bridgehead atoms. The van der Waals surface area contributed by atoms with Crippen molar-refractivity contribution in [3.63, 3.8) is 0 Å². The van der Waals surface area contributed by atoms with E-state index in [-0.39, 0.29) is 0 Å². The van der Waals surface area contributed by atoms with Crippen LogP contribution in [0, 0.1) is 0 Å². The van der Waals surface area contributed by atoms with E-state index < -0.39 is 11.0 Å². The van der Waals surface area contributed by atoms with E-state index in [2.05, 4.69) is 9.71 Å². The Morgan fingerprint density at radius 3 is 3.08 bits per heavy atom. The monoisotopic (exact) mass is 204 g/mol. The molecular weight excluding hydrogens is 196 g/mol. The molecule has 1 heterocycles. The number of halogens is 1. The Morgan fingerprint density at radius 2 is 2.50 bits per heavy atom. The summed E-state index contributed by atoms with van der Waals surface area (Å²) in [5.41, 5.74) is 0.611. The highest BCUT2D eigenvalue weighted by molar-refractivity contribution is 7.86. The average Bonchev–Trinajstić information content (AvgIpc) is 2.09. The average molecular weight is 205 g/mol. The maximum Gasteiger partial charge on any atom is 0.152 e. The maximum absolute atomic E-state index is 11.0. The Kier molecular flexibility index (Phi) is 3.49. The van der Waals surface area contributed by atoms with Gasteiger partial charge in [0.1, 0.15) is 11.0 Å². The predicted molar refractivity (Wildman–Crippen MR) is 51.6 cm³/mol. The van der Waals surface area contributed by atoms with E-state index in [1.165, 1.54) is 0 Å². The Labute approximate surface area is 78.7 Å². The van der Waals surface area contributed by atoms with Crippen molar-refractivity contribution in [2.45, 2.75) is 6.92 Å². The third-order valence-electron chi connectivity index (χ3n) is 1.25. The van der Waals surface area contributed by atoms with E-state index in [1.54, 1.807) is 18.3 Å². The van der Waals surface area contributed by atoms with E-state index in [4.69, 9.17) is 11.6 Å². The minimum absolute atomic E-state index is 0.347. The number of nitrogens with zero attached hydrogens (tertiary/aromatic N) is 1. The molecule has 3 nitrogen and oxygen atoms in total. The molecule has 1 unspecified atom stereocenters. The van der Waals surface area contributed by atoms with Crippen LogP contribution in [0.4, 0.5) is 5.69 Å². The summed E-state index contributed by atoms with van der Waals surface area (Å²) in [5.74, 6) is 0.547. The van der Waals surface area contributed by atoms with Crippen LogP contribution in [0.2, 0.25) is 5.15 Å². The number of hydrogen-bond donors (Lipinski definition) is 1. The topological polar surface area (TPSA) is 42.0 Å². The van der Waals surface area contributed by atoms with Gasteiger partial charge in [-0.05, 0) is 12.1 Å². The number of anilines is 1. The molecule has 0 aliphatic carbocycles. The fourth-order valence-electron chi connectivity index (χ4n) is 0.657. The van der Waals surface area contributed by atoms with Gasteiger partial charge >= 0.3 is 0 Å². The van der Waals surface area contributed by atoms with E-state index in [1.807, 2.05) is 6.92 Å². The van der Waals surface area contributed by atoms with Gasteiger partial charge in [-0.3, -0.25) is 0 Å². The summed E-state index contributed by atoms with van der Waals surface area (Å²) in [7, 11) is -1.06. The van der Waals surface area contributed by atoms with Gasteiger partial charge in [-0.1, -0.05) is 18.5 Å². The summed E-state index contributed by atoms with van der Waals surface area (Å²) in [4.78, 5) is 3.83. The van der Waals surface area contributed by atoms with Crippen LogP contribution in [0.5, 0.6) is 0 Å². The molecule has 0 saturated heterocycles. The second kappa shape index (κ2) is 4.42. The lowest BCUT2D eigenvalue weighted by molar-refractivity contribution is 0.687. The van der Waals surface area contributed by atoms with Crippen molar-refractivity contribution in [2.24, 2.45) is 0 Å². The molecule has 1 aromatic heterocycles. The first kappa shape index (κ1) is 9.48. The third kappa shape index (κ3) is 2.46. The zero-order valence-electron chi connectivity index (χ0n) is 6.58. The maximum atomic E-state index is 11.0. The molecule has 0 aromatic carbocycles. The standard InChI is InChI=1S/C7H9ClN2OS/c1-2-12(11)10-6-4-3-5-9-7(6)8/h3-5,10H,2H2,1H3. The van der Waals surface area contributed by atoms with E-state index in [9.17, 15) is 4.21 Å². The van der Waals surface area contributed by atoms with Crippen molar-refractivity contribution >= 4 is 28.3 Å². The smallest absolute Gasteiger partial charge is 0.152 e. The van der Waals surface area contributed by atoms with Gasteiger partial charge in [-0.25, -0.2) is 9.19 Å². The molecule has 66 valence electrons. The fourth-order valence-corrected chi connectivity index (χ4v) is 1.43. The van der Waals surface area contributed by atoms with Gasteiger partial charge < -0.3 is 4.72 Å². The summed E-state index contributed by atoms with van der Waals surface area (Å²) in [6.07, 6.45) is 1.59. The van der Waals surface area contributed by atoms with Crippen LogP contribution < -0.4 is 4.72 Å². The quantitative estimate of drug-likeness (QED) is 0.764. The van der Waals surface area contributed by atoms with Crippen molar-refractivity contribution in [3.8, 4) is 0 Å². The molecule has 0 fully saturated rings. The second-order valence-electron chi connectivity index (χ2n) is 2.08. The number of nitrogens with one attached hydrogen (secondary N) is 1. The number of aromatic nitrogens is 1. The Bertz CT molecular complexity index is 292. The van der Waals surface area contributed by atoms with Crippen molar-refractivity contribution in [1.82, 2.24) is 4.98 Å². The van der Waals surface area contributed by atoms with Crippen LogP contribution in [0.25, 0.3) is 0 Å². The molecule has 0 radical (unpaired) electrons. The first-order chi connectivity index (χ1) is 5.74. The highest BCUT2D eigenvalue weighted by Gasteiger charge is 2.01. The third-order valence-corrected chi connectivity index (χ3v) is 2.52. The van der Waals surface area contributed by atoms with Gasteiger partial charge in [-0.15, -0.1) is 0 Å². The number of hydrogen-bond acceptors (Lipinski definition) is 2. The van der Waals surface area contributed by atoms with Gasteiger partial charge in [0.2, 0.25) is 0 Å². The normalized spacial score (nSPS) is 12.5. The van der Waals surface area contributed by atoms with Gasteiger partial charge in [0, 0.05) is 11.9 Å². The minimum Gasteiger partial charge on any atom is -0.302 e. The summed E-state index contributed by atoms with van der Waals surface area (Å²) < 4.78 is 13.8. The molecule has 5 heteroatoms. The van der Waals surface area contributed by atoms with Crippen molar-refractivity contribution in [1.29, 1.82) is 0 Å². The molecule has 0 amide bonds. The van der Waals surface area contributed by atoms with Crippen molar-refractivity contribution in [2.75, 3.05) is 10.5 Å². The molecule has 0 aliphatic rings. The molecule has 0 aliphatic heterocycles. The van der Waals surface area contributed by atoms with E-state index >= 15 is 0 Å². The molecule has 12 heavy (non-hydrogen) atoms. The van der Waals surface area contributed by atoms with Crippen LogP contribution >= 0.6 is 11.6 Å². The Morgan fingerprint density at radius 1 is 1.75 bits per heavy atom. The largest absolute Gasteiger partial charge is 0.302 e. The molecule has 1 atom stereocenters.